The monoisotopic (exact) mass is 362 g/mol. The average Bonchev–Trinajstić information content (AvgIpc) is 2.59. The third-order valence-corrected chi connectivity index (χ3v) is 4.62. The Balaban J connectivity index is 2.05. The lowest BCUT2D eigenvalue weighted by Crippen LogP contribution is -2.40. The molecule has 6 nitrogen and oxygen atoms in total. The summed E-state index contributed by atoms with van der Waals surface area (Å²) in [6.45, 7) is 2.40. The molecule has 7 heteroatoms. The van der Waals surface area contributed by atoms with Crippen LogP contribution < -0.4 is 14.4 Å². The Labute approximate surface area is 148 Å². The van der Waals surface area contributed by atoms with E-state index in [0.29, 0.717) is 18.0 Å². The van der Waals surface area contributed by atoms with Crippen molar-refractivity contribution in [2.24, 2.45) is 0 Å². The van der Waals surface area contributed by atoms with Gasteiger partial charge in [0.15, 0.2) is 0 Å². The number of benzene rings is 2. The van der Waals surface area contributed by atoms with E-state index in [1.807, 2.05) is 31.2 Å². The van der Waals surface area contributed by atoms with Crippen LogP contribution in [0.1, 0.15) is 12.5 Å². The van der Waals surface area contributed by atoms with Gasteiger partial charge >= 0.3 is 0 Å². The number of carbonyl (C=O) groups is 1. The first-order valence-electron chi connectivity index (χ1n) is 7.92. The molecule has 0 aliphatic heterocycles. The van der Waals surface area contributed by atoms with Crippen molar-refractivity contribution in [1.29, 1.82) is 0 Å². The molecule has 0 heterocycles. The van der Waals surface area contributed by atoms with Gasteiger partial charge in [-0.1, -0.05) is 36.4 Å². The highest BCUT2D eigenvalue weighted by molar-refractivity contribution is 7.92. The van der Waals surface area contributed by atoms with Crippen molar-refractivity contribution in [2.45, 2.75) is 13.5 Å². The van der Waals surface area contributed by atoms with Crippen LogP contribution in [0, 0.1) is 0 Å². The summed E-state index contributed by atoms with van der Waals surface area (Å²) < 4.78 is 30.6. The standard InChI is InChI=1S/C18H22N2O4S/c1-3-24-17-12-8-7-9-15(17)13-19-18(21)14-20(25(2,22)23)16-10-5-4-6-11-16/h4-12H,3,13-14H2,1-2H3,(H,19,21). The first-order chi connectivity index (χ1) is 11.9. The van der Waals surface area contributed by atoms with E-state index in [0.717, 1.165) is 16.1 Å². The molecule has 0 spiro atoms. The summed E-state index contributed by atoms with van der Waals surface area (Å²) >= 11 is 0. The molecule has 0 bridgehead atoms. The van der Waals surface area contributed by atoms with E-state index in [9.17, 15) is 13.2 Å². The maximum absolute atomic E-state index is 12.3. The summed E-state index contributed by atoms with van der Waals surface area (Å²) in [6.07, 6.45) is 1.08. The molecule has 134 valence electrons. The fraction of sp³-hybridized carbons (Fsp3) is 0.278. The van der Waals surface area contributed by atoms with E-state index in [-0.39, 0.29) is 19.0 Å². The minimum absolute atomic E-state index is 0.265. The van der Waals surface area contributed by atoms with E-state index in [4.69, 9.17) is 4.74 Å². The Morgan fingerprint density at radius 1 is 1.08 bits per heavy atom. The Morgan fingerprint density at radius 2 is 1.72 bits per heavy atom. The molecule has 2 rings (SSSR count). The zero-order valence-corrected chi connectivity index (χ0v) is 15.1. The predicted molar refractivity (Wildman–Crippen MR) is 98.1 cm³/mol. The maximum atomic E-state index is 12.3. The first kappa shape index (κ1) is 18.8. The topological polar surface area (TPSA) is 75.7 Å². The molecular weight excluding hydrogens is 340 g/mol. The van der Waals surface area contributed by atoms with Crippen molar-refractivity contribution in [3.05, 3.63) is 60.2 Å². The molecule has 0 aliphatic rings. The SMILES string of the molecule is CCOc1ccccc1CNC(=O)CN(c1ccccc1)S(C)(=O)=O. The molecule has 0 fully saturated rings. The number of carbonyl (C=O) groups excluding carboxylic acids is 1. The van der Waals surface area contributed by atoms with Crippen molar-refractivity contribution in [3.63, 3.8) is 0 Å². The van der Waals surface area contributed by atoms with Crippen LogP contribution in [-0.4, -0.2) is 33.7 Å². The van der Waals surface area contributed by atoms with Crippen LogP contribution in [0.4, 0.5) is 5.69 Å². The van der Waals surface area contributed by atoms with Gasteiger partial charge < -0.3 is 10.1 Å². The molecule has 0 aromatic heterocycles. The van der Waals surface area contributed by atoms with Gasteiger partial charge in [0, 0.05) is 12.1 Å². The molecule has 2 aromatic rings. The molecule has 2 aromatic carbocycles. The smallest absolute Gasteiger partial charge is 0.241 e. The number of anilines is 1. The van der Waals surface area contributed by atoms with E-state index in [1.54, 1.807) is 30.3 Å². The Morgan fingerprint density at radius 3 is 2.36 bits per heavy atom. The van der Waals surface area contributed by atoms with Crippen LogP contribution in [-0.2, 0) is 21.4 Å². The molecule has 25 heavy (non-hydrogen) atoms. The Hall–Kier alpha value is -2.54. The lowest BCUT2D eigenvalue weighted by Gasteiger charge is -2.22. The van der Waals surface area contributed by atoms with E-state index in [2.05, 4.69) is 5.32 Å². The first-order valence-corrected chi connectivity index (χ1v) is 9.77. The molecule has 0 atom stereocenters. The summed E-state index contributed by atoms with van der Waals surface area (Å²) in [5, 5.41) is 2.75. The van der Waals surface area contributed by atoms with Crippen LogP contribution in [0.25, 0.3) is 0 Å². The minimum atomic E-state index is -3.56. The van der Waals surface area contributed by atoms with E-state index >= 15 is 0 Å². The zero-order chi connectivity index (χ0) is 18.3. The summed E-state index contributed by atoms with van der Waals surface area (Å²) in [5.74, 6) is 0.314. The highest BCUT2D eigenvalue weighted by Gasteiger charge is 2.20. The van der Waals surface area contributed by atoms with Gasteiger partial charge in [0.2, 0.25) is 15.9 Å². The number of nitrogens with zero attached hydrogens (tertiary/aromatic N) is 1. The van der Waals surface area contributed by atoms with Crippen LogP contribution in [0.2, 0.25) is 0 Å². The number of ether oxygens (including phenoxy) is 1. The van der Waals surface area contributed by atoms with Crippen LogP contribution in [0.3, 0.4) is 0 Å². The highest BCUT2D eigenvalue weighted by atomic mass is 32.2. The molecule has 0 saturated heterocycles. The van der Waals surface area contributed by atoms with E-state index in [1.165, 1.54) is 0 Å². The van der Waals surface area contributed by atoms with Gasteiger partial charge in [0.25, 0.3) is 0 Å². The van der Waals surface area contributed by atoms with Crippen LogP contribution in [0.15, 0.2) is 54.6 Å². The number of nitrogens with one attached hydrogen (secondary N) is 1. The van der Waals surface area contributed by atoms with Crippen molar-refractivity contribution >= 4 is 21.6 Å². The molecule has 1 N–H and O–H groups in total. The van der Waals surface area contributed by atoms with Gasteiger partial charge in [-0.15, -0.1) is 0 Å². The van der Waals surface area contributed by atoms with Crippen molar-refractivity contribution in [1.82, 2.24) is 5.32 Å². The summed E-state index contributed by atoms with van der Waals surface area (Å²) in [5.41, 5.74) is 1.29. The maximum Gasteiger partial charge on any atom is 0.241 e. The highest BCUT2D eigenvalue weighted by Crippen LogP contribution is 2.18. The summed E-state index contributed by atoms with van der Waals surface area (Å²) in [4.78, 5) is 12.3. The second-order valence-corrected chi connectivity index (χ2v) is 7.33. The quantitative estimate of drug-likeness (QED) is 0.781. The van der Waals surface area contributed by atoms with E-state index < -0.39 is 10.0 Å². The number of amides is 1. The molecule has 0 aliphatic carbocycles. The van der Waals surface area contributed by atoms with Crippen molar-refractivity contribution in [2.75, 3.05) is 23.7 Å². The fourth-order valence-electron chi connectivity index (χ4n) is 2.32. The van der Waals surface area contributed by atoms with Gasteiger partial charge in [0.05, 0.1) is 18.6 Å². The lowest BCUT2D eigenvalue weighted by atomic mass is 10.2. The molecular formula is C18H22N2O4S. The van der Waals surface area contributed by atoms with Gasteiger partial charge in [0.1, 0.15) is 12.3 Å². The fourth-order valence-corrected chi connectivity index (χ4v) is 3.18. The van der Waals surface area contributed by atoms with Gasteiger partial charge in [-0.3, -0.25) is 9.10 Å². The Bertz CT molecular complexity index is 807. The minimum Gasteiger partial charge on any atom is -0.494 e. The van der Waals surface area contributed by atoms with Crippen LogP contribution >= 0.6 is 0 Å². The van der Waals surface area contributed by atoms with Crippen molar-refractivity contribution < 1.29 is 17.9 Å². The number of rotatable bonds is 8. The lowest BCUT2D eigenvalue weighted by molar-refractivity contribution is -0.119. The normalized spacial score (nSPS) is 11.0. The number of sulfonamides is 1. The summed E-state index contributed by atoms with van der Waals surface area (Å²) in [7, 11) is -3.56. The van der Waals surface area contributed by atoms with Gasteiger partial charge in [-0.25, -0.2) is 8.42 Å². The zero-order valence-electron chi connectivity index (χ0n) is 14.3. The summed E-state index contributed by atoms with van der Waals surface area (Å²) in [6, 6.07) is 15.9. The number of hydrogen-bond donors (Lipinski definition) is 1. The second-order valence-electron chi connectivity index (χ2n) is 5.42. The third-order valence-electron chi connectivity index (χ3n) is 3.48. The largest absolute Gasteiger partial charge is 0.494 e. The molecule has 0 radical (unpaired) electrons. The number of hydrogen-bond acceptors (Lipinski definition) is 4. The second kappa shape index (κ2) is 8.53. The molecule has 0 unspecified atom stereocenters. The predicted octanol–water partition coefficient (Wildman–Crippen LogP) is 2.17. The van der Waals surface area contributed by atoms with Crippen molar-refractivity contribution in [3.8, 4) is 5.75 Å². The Kier molecular flexibility index (Phi) is 6.41. The average molecular weight is 362 g/mol. The van der Waals surface area contributed by atoms with Crippen LogP contribution in [0.5, 0.6) is 5.75 Å². The third kappa shape index (κ3) is 5.49. The van der Waals surface area contributed by atoms with Gasteiger partial charge in [-0.2, -0.15) is 0 Å². The van der Waals surface area contributed by atoms with Gasteiger partial charge in [-0.05, 0) is 25.1 Å². The molecule has 1 amide bonds. The number of para-hydroxylation sites is 2. The molecule has 0 saturated carbocycles.